The Morgan fingerprint density at radius 3 is 2.88 bits per heavy atom. The van der Waals surface area contributed by atoms with Gasteiger partial charge in [-0.05, 0) is 37.3 Å². The van der Waals surface area contributed by atoms with Crippen LogP contribution in [0, 0.1) is 6.92 Å². The van der Waals surface area contributed by atoms with E-state index >= 15 is 0 Å². The van der Waals surface area contributed by atoms with Gasteiger partial charge in [-0.25, -0.2) is 4.98 Å². The molecule has 3 rings (SSSR count). The van der Waals surface area contributed by atoms with Crippen LogP contribution in [0.25, 0.3) is 22.2 Å². The smallest absolute Gasteiger partial charge is 0.253 e. The highest BCUT2D eigenvalue weighted by molar-refractivity contribution is 6.05. The van der Waals surface area contributed by atoms with Gasteiger partial charge in [0.25, 0.3) is 5.91 Å². The van der Waals surface area contributed by atoms with Crippen molar-refractivity contribution in [2.24, 2.45) is 0 Å². The van der Waals surface area contributed by atoms with E-state index in [2.05, 4.69) is 21.9 Å². The summed E-state index contributed by atoms with van der Waals surface area (Å²) in [5.41, 5.74) is 3.61. The summed E-state index contributed by atoms with van der Waals surface area (Å²) < 4.78 is 5.43. The normalized spacial score (nSPS) is 10.5. The number of pyridine rings is 2. The minimum Gasteiger partial charge on any atom is -0.494 e. The van der Waals surface area contributed by atoms with E-state index in [-0.39, 0.29) is 5.91 Å². The average Bonchev–Trinajstić information content (AvgIpc) is 2.65. The fourth-order valence-electron chi connectivity index (χ4n) is 2.72. The first-order valence-corrected chi connectivity index (χ1v) is 7.94. The molecule has 0 unspecified atom stereocenters. The number of aromatic nitrogens is 2. The number of nitrogens with zero attached hydrogens (tertiary/aromatic N) is 2. The van der Waals surface area contributed by atoms with Crippen LogP contribution in [0.15, 0.2) is 55.3 Å². The molecule has 0 aliphatic carbocycles. The molecule has 1 aromatic carbocycles. The Labute approximate surface area is 146 Å². The number of nitrogens with one attached hydrogen (secondary N) is 1. The predicted octanol–water partition coefficient (Wildman–Crippen LogP) is 3.53. The highest BCUT2D eigenvalue weighted by Gasteiger charge is 2.17. The van der Waals surface area contributed by atoms with Crippen LogP contribution in [0.2, 0.25) is 0 Å². The molecule has 3 aromatic rings. The lowest BCUT2D eigenvalue weighted by Crippen LogP contribution is -2.24. The lowest BCUT2D eigenvalue weighted by Gasteiger charge is -2.13. The molecular formula is C20H19N3O2. The quantitative estimate of drug-likeness (QED) is 0.726. The molecule has 1 amide bonds. The average molecular weight is 333 g/mol. The second-order valence-corrected chi connectivity index (χ2v) is 5.56. The topological polar surface area (TPSA) is 64.1 Å². The molecule has 0 fully saturated rings. The fourth-order valence-corrected chi connectivity index (χ4v) is 2.72. The Balaban J connectivity index is 2.21. The van der Waals surface area contributed by atoms with Gasteiger partial charge in [0, 0.05) is 29.4 Å². The molecule has 0 radical (unpaired) electrons. The summed E-state index contributed by atoms with van der Waals surface area (Å²) in [5, 5.41) is 3.69. The number of benzene rings is 1. The van der Waals surface area contributed by atoms with E-state index in [1.54, 1.807) is 31.5 Å². The van der Waals surface area contributed by atoms with Crippen molar-refractivity contribution in [2.45, 2.75) is 6.92 Å². The van der Waals surface area contributed by atoms with E-state index < -0.39 is 0 Å². The Kier molecular flexibility index (Phi) is 4.75. The number of aryl methyl sites for hydroxylation is 1. The van der Waals surface area contributed by atoms with Crippen LogP contribution in [-0.2, 0) is 0 Å². The van der Waals surface area contributed by atoms with E-state index in [0.29, 0.717) is 23.6 Å². The Hall–Kier alpha value is -3.21. The van der Waals surface area contributed by atoms with Gasteiger partial charge in [-0.1, -0.05) is 12.1 Å². The second-order valence-electron chi connectivity index (χ2n) is 5.56. The number of ether oxygens (including phenoxy) is 1. The van der Waals surface area contributed by atoms with Crippen molar-refractivity contribution < 1.29 is 9.53 Å². The monoisotopic (exact) mass is 333 g/mol. The molecule has 0 bridgehead atoms. The zero-order valence-corrected chi connectivity index (χ0v) is 14.2. The Morgan fingerprint density at radius 2 is 2.12 bits per heavy atom. The van der Waals surface area contributed by atoms with Crippen molar-refractivity contribution in [1.29, 1.82) is 0 Å². The number of hydrogen-bond acceptors (Lipinski definition) is 4. The van der Waals surface area contributed by atoms with E-state index in [4.69, 9.17) is 4.74 Å². The van der Waals surface area contributed by atoms with Gasteiger partial charge in [-0.2, -0.15) is 0 Å². The zero-order valence-electron chi connectivity index (χ0n) is 14.2. The first-order chi connectivity index (χ1) is 12.2. The number of hydrogen-bond donors (Lipinski definition) is 1. The van der Waals surface area contributed by atoms with Gasteiger partial charge in [0.05, 0.1) is 18.4 Å². The van der Waals surface area contributed by atoms with Crippen LogP contribution >= 0.6 is 0 Å². The Morgan fingerprint density at radius 1 is 1.28 bits per heavy atom. The zero-order chi connectivity index (χ0) is 17.8. The second kappa shape index (κ2) is 7.13. The summed E-state index contributed by atoms with van der Waals surface area (Å²) in [6.45, 7) is 5.95. The molecule has 2 aromatic heterocycles. The molecule has 1 N–H and O–H groups in total. The van der Waals surface area contributed by atoms with Gasteiger partial charge in [0.2, 0.25) is 0 Å². The standard InChI is InChI=1S/C20H19N3O2/c1-4-11-22-20(24)16-6-5-12-21-18(16)14-9-10-17(25-3)19-15(14)8-7-13(2)23-19/h4-10,12H,1,11H2,2-3H3,(H,22,24). The minimum absolute atomic E-state index is 0.188. The van der Waals surface area contributed by atoms with Crippen molar-refractivity contribution in [3.8, 4) is 17.0 Å². The number of fused-ring (bicyclic) bond motifs is 1. The van der Waals surface area contributed by atoms with Gasteiger partial charge in [-0.15, -0.1) is 6.58 Å². The molecule has 5 nitrogen and oxygen atoms in total. The summed E-state index contributed by atoms with van der Waals surface area (Å²) in [7, 11) is 1.62. The summed E-state index contributed by atoms with van der Waals surface area (Å²) in [6, 6.07) is 11.2. The molecule has 0 saturated carbocycles. The van der Waals surface area contributed by atoms with Gasteiger partial charge in [-0.3, -0.25) is 9.78 Å². The molecule has 126 valence electrons. The SMILES string of the molecule is C=CCNC(=O)c1cccnc1-c1ccc(OC)c2nc(C)ccc12. The lowest BCUT2D eigenvalue weighted by atomic mass is 10.00. The third kappa shape index (κ3) is 3.21. The van der Waals surface area contributed by atoms with Crippen LogP contribution < -0.4 is 10.1 Å². The summed E-state index contributed by atoms with van der Waals surface area (Å²) in [6.07, 6.45) is 3.32. The molecule has 25 heavy (non-hydrogen) atoms. The lowest BCUT2D eigenvalue weighted by molar-refractivity contribution is 0.0958. The van der Waals surface area contributed by atoms with Crippen LogP contribution in [0.3, 0.4) is 0 Å². The molecule has 0 atom stereocenters. The van der Waals surface area contributed by atoms with E-state index in [0.717, 1.165) is 22.2 Å². The third-order valence-electron chi connectivity index (χ3n) is 3.89. The summed E-state index contributed by atoms with van der Waals surface area (Å²) >= 11 is 0. The first-order valence-electron chi connectivity index (χ1n) is 7.94. The number of carbonyl (C=O) groups excluding carboxylic acids is 1. The van der Waals surface area contributed by atoms with Gasteiger partial charge in [0.15, 0.2) is 0 Å². The van der Waals surface area contributed by atoms with Crippen LogP contribution in [0.4, 0.5) is 0 Å². The molecule has 0 aliphatic heterocycles. The maximum Gasteiger partial charge on any atom is 0.253 e. The maximum atomic E-state index is 12.5. The highest BCUT2D eigenvalue weighted by Crippen LogP contribution is 2.34. The molecule has 2 heterocycles. The molecule has 0 spiro atoms. The van der Waals surface area contributed by atoms with Crippen molar-refractivity contribution in [3.63, 3.8) is 0 Å². The number of rotatable bonds is 5. The van der Waals surface area contributed by atoms with Gasteiger partial charge in [0.1, 0.15) is 11.3 Å². The number of methoxy groups -OCH3 is 1. The molecule has 0 aliphatic rings. The molecule has 5 heteroatoms. The van der Waals surface area contributed by atoms with Crippen molar-refractivity contribution in [3.05, 3.63) is 66.5 Å². The largest absolute Gasteiger partial charge is 0.494 e. The minimum atomic E-state index is -0.188. The van der Waals surface area contributed by atoms with Crippen molar-refractivity contribution >= 4 is 16.8 Å². The van der Waals surface area contributed by atoms with E-state index in [9.17, 15) is 4.79 Å². The highest BCUT2D eigenvalue weighted by atomic mass is 16.5. The van der Waals surface area contributed by atoms with E-state index in [1.165, 1.54) is 0 Å². The number of carbonyl (C=O) groups is 1. The first kappa shape index (κ1) is 16.6. The van der Waals surface area contributed by atoms with Crippen LogP contribution in [-0.4, -0.2) is 29.5 Å². The molecular weight excluding hydrogens is 314 g/mol. The van der Waals surface area contributed by atoms with Gasteiger partial charge >= 0.3 is 0 Å². The van der Waals surface area contributed by atoms with Crippen LogP contribution in [0.5, 0.6) is 5.75 Å². The number of amides is 1. The summed E-state index contributed by atoms with van der Waals surface area (Å²) in [5.74, 6) is 0.503. The predicted molar refractivity (Wildman–Crippen MR) is 98.8 cm³/mol. The van der Waals surface area contributed by atoms with E-state index in [1.807, 2.05) is 31.2 Å². The molecule has 0 saturated heterocycles. The fraction of sp³-hybridized carbons (Fsp3) is 0.150. The van der Waals surface area contributed by atoms with Crippen molar-refractivity contribution in [2.75, 3.05) is 13.7 Å². The van der Waals surface area contributed by atoms with Crippen LogP contribution in [0.1, 0.15) is 16.1 Å². The third-order valence-corrected chi connectivity index (χ3v) is 3.89. The van der Waals surface area contributed by atoms with Gasteiger partial charge < -0.3 is 10.1 Å². The Bertz CT molecular complexity index is 951. The summed E-state index contributed by atoms with van der Waals surface area (Å²) in [4.78, 5) is 21.5. The van der Waals surface area contributed by atoms with Crippen molar-refractivity contribution in [1.82, 2.24) is 15.3 Å². The maximum absolute atomic E-state index is 12.5.